The molecule has 0 radical (unpaired) electrons. The molecule has 0 saturated carbocycles. The van der Waals surface area contributed by atoms with Crippen molar-refractivity contribution in [2.75, 3.05) is 19.7 Å². The number of ether oxygens (including phenoxy) is 1. The lowest BCUT2D eigenvalue weighted by molar-refractivity contribution is -0.141. The van der Waals surface area contributed by atoms with Crippen LogP contribution < -0.4 is 0 Å². The van der Waals surface area contributed by atoms with Crippen molar-refractivity contribution in [2.24, 2.45) is 0 Å². The molecule has 0 aromatic heterocycles. The van der Waals surface area contributed by atoms with Crippen LogP contribution in [0.15, 0.2) is 22.7 Å². The maximum absolute atomic E-state index is 12.4. The van der Waals surface area contributed by atoms with E-state index in [1.807, 2.05) is 0 Å². The van der Waals surface area contributed by atoms with Gasteiger partial charge in [-0.05, 0) is 18.2 Å². The first-order valence-corrected chi connectivity index (χ1v) is 7.22. The van der Waals surface area contributed by atoms with E-state index in [2.05, 4.69) is 15.9 Å². The molecule has 0 spiro atoms. The van der Waals surface area contributed by atoms with Crippen LogP contribution in [0.5, 0.6) is 0 Å². The normalized spacial score (nSPS) is 18.9. The van der Waals surface area contributed by atoms with Crippen molar-refractivity contribution in [2.45, 2.75) is 12.5 Å². The van der Waals surface area contributed by atoms with Gasteiger partial charge in [-0.2, -0.15) is 0 Å². The Bertz CT molecular complexity index is 537. The first-order chi connectivity index (χ1) is 9.47. The Hall–Kier alpha value is -1.11. The number of benzene rings is 1. The largest absolute Gasteiger partial charge is 0.481 e. The summed E-state index contributed by atoms with van der Waals surface area (Å²) in [5.41, 5.74) is 0.408. The van der Waals surface area contributed by atoms with E-state index < -0.39 is 12.1 Å². The molecule has 20 heavy (non-hydrogen) atoms. The Morgan fingerprint density at radius 1 is 1.50 bits per heavy atom. The molecule has 1 aliphatic rings. The van der Waals surface area contributed by atoms with E-state index in [0.717, 1.165) is 4.47 Å². The van der Waals surface area contributed by atoms with E-state index in [-0.39, 0.29) is 18.9 Å². The van der Waals surface area contributed by atoms with Crippen molar-refractivity contribution in [1.82, 2.24) is 4.90 Å². The zero-order valence-electron chi connectivity index (χ0n) is 10.5. The molecule has 108 valence electrons. The molecule has 1 aliphatic heterocycles. The second-order valence-electron chi connectivity index (χ2n) is 4.47. The zero-order chi connectivity index (χ0) is 14.7. The molecule has 2 rings (SSSR count). The van der Waals surface area contributed by atoms with Gasteiger partial charge in [0, 0.05) is 17.6 Å². The summed E-state index contributed by atoms with van der Waals surface area (Å²) >= 11 is 9.34. The summed E-state index contributed by atoms with van der Waals surface area (Å²) in [5.74, 6) is -1.15. The van der Waals surface area contributed by atoms with Gasteiger partial charge in [-0.1, -0.05) is 27.5 Å². The van der Waals surface area contributed by atoms with Gasteiger partial charge >= 0.3 is 5.97 Å². The number of carboxylic acid groups (broad SMARTS) is 1. The van der Waals surface area contributed by atoms with Gasteiger partial charge in [0.2, 0.25) is 0 Å². The molecule has 1 aromatic rings. The third-order valence-electron chi connectivity index (χ3n) is 2.99. The zero-order valence-corrected chi connectivity index (χ0v) is 12.9. The van der Waals surface area contributed by atoms with Crippen molar-refractivity contribution in [3.05, 3.63) is 33.3 Å². The summed E-state index contributed by atoms with van der Waals surface area (Å²) in [4.78, 5) is 24.7. The lowest BCUT2D eigenvalue weighted by Gasteiger charge is -2.32. The van der Waals surface area contributed by atoms with Crippen LogP contribution in [0.4, 0.5) is 0 Å². The fourth-order valence-corrected chi connectivity index (χ4v) is 2.81. The van der Waals surface area contributed by atoms with Crippen LogP contribution in [0, 0.1) is 0 Å². The first-order valence-electron chi connectivity index (χ1n) is 6.05. The minimum atomic E-state index is -0.939. The third kappa shape index (κ3) is 3.71. The standard InChI is InChI=1S/C13H13BrClNO4/c14-8-1-2-10(11(15)5-8)13(19)16-3-4-20-9(7-16)6-12(17)18/h1-2,5,9H,3-4,6-7H2,(H,17,18)/t9-/m1/s1. The SMILES string of the molecule is O=C(O)C[C@@H]1CN(C(=O)c2ccc(Br)cc2Cl)CCO1. The van der Waals surface area contributed by atoms with Gasteiger partial charge < -0.3 is 14.7 Å². The lowest BCUT2D eigenvalue weighted by atomic mass is 10.1. The highest BCUT2D eigenvalue weighted by Crippen LogP contribution is 2.23. The van der Waals surface area contributed by atoms with E-state index >= 15 is 0 Å². The number of carbonyl (C=O) groups is 2. The molecule has 1 N–H and O–H groups in total. The van der Waals surface area contributed by atoms with Gasteiger partial charge in [0.05, 0.1) is 29.7 Å². The number of hydrogen-bond donors (Lipinski definition) is 1. The minimum Gasteiger partial charge on any atom is -0.481 e. The number of aliphatic carboxylic acids is 1. The van der Waals surface area contributed by atoms with Gasteiger partial charge in [-0.25, -0.2) is 0 Å². The Labute approximate surface area is 129 Å². The predicted octanol–water partition coefficient (Wildman–Crippen LogP) is 2.42. The smallest absolute Gasteiger partial charge is 0.306 e. The predicted molar refractivity (Wildman–Crippen MR) is 77.0 cm³/mol. The fourth-order valence-electron chi connectivity index (χ4n) is 2.06. The summed E-state index contributed by atoms with van der Waals surface area (Å²) in [6.07, 6.45) is -0.586. The second kappa shape index (κ2) is 6.56. The van der Waals surface area contributed by atoms with Crippen molar-refractivity contribution in [3.63, 3.8) is 0 Å². The molecular formula is C13H13BrClNO4. The average molecular weight is 363 g/mol. The fraction of sp³-hybridized carbons (Fsp3) is 0.385. The Morgan fingerprint density at radius 3 is 2.90 bits per heavy atom. The summed E-state index contributed by atoms with van der Waals surface area (Å²) in [5, 5.41) is 9.14. The average Bonchev–Trinajstić information content (AvgIpc) is 2.37. The minimum absolute atomic E-state index is 0.113. The van der Waals surface area contributed by atoms with Crippen LogP contribution in [0.1, 0.15) is 16.8 Å². The van der Waals surface area contributed by atoms with E-state index in [4.69, 9.17) is 21.4 Å². The van der Waals surface area contributed by atoms with Crippen molar-refractivity contribution < 1.29 is 19.4 Å². The molecular weight excluding hydrogens is 350 g/mol. The molecule has 1 atom stereocenters. The highest BCUT2D eigenvalue weighted by Gasteiger charge is 2.27. The summed E-state index contributed by atoms with van der Waals surface area (Å²) < 4.78 is 6.14. The van der Waals surface area contributed by atoms with E-state index in [1.54, 1.807) is 23.1 Å². The number of nitrogens with zero attached hydrogens (tertiary/aromatic N) is 1. The number of carbonyl (C=O) groups excluding carboxylic acids is 1. The number of amides is 1. The topological polar surface area (TPSA) is 66.8 Å². The van der Waals surface area contributed by atoms with E-state index in [0.29, 0.717) is 23.7 Å². The van der Waals surface area contributed by atoms with Crippen molar-refractivity contribution >= 4 is 39.4 Å². The Morgan fingerprint density at radius 2 is 2.25 bits per heavy atom. The van der Waals surface area contributed by atoms with Gasteiger partial charge in [0.1, 0.15) is 0 Å². The van der Waals surface area contributed by atoms with Crippen LogP contribution >= 0.6 is 27.5 Å². The molecule has 0 aliphatic carbocycles. The van der Waals surface area contributed by atoms with Crippen LogP contribution in [0.2, 0.25) is 5.02 Å². The van der Waals surface area contributed by atoms with Crippen LogP contribution in [-0.2, 0) is 9.53 Å². The molecule has 1 saturated heterocycles. The molecule has 1 aromatic carbocycles. The van der Waals surface area contributed by atoms with E-state index in [9.17, 15) is 9.59 Å². The first kappa shape index (κ1) is 15.3. The molecule has 5 nitrogen and oxygen atoms in total. The molecule has 1 fully saturated rings. The van der Waals surface area contributed by atoms with Gasteiger partial charge in [-0.3, -0.25) is 9.59 Å². The third-order valence-corrected chi connectivity index (χ3v) is 3.80. The number of carboxylic acids is 1. The number of rotatable bonds is 3. The quantitative estimate of drug-likeness (QED) is 0.897. The molecule has 1 amide bonds. The number of halogens is 2. The molecule has 0 bridgehead atoms. The summed E-state index contributed by atoms with van der Waals surface area (Å²) in [6, 6.07) is 5.05. The maximum atomic E-state index is 12.4. The monoisotopic (exact) mass is 361 g/mol. The molecule has 0 unspecified atom stereocenters. The van der Waals surface area contributed by atoms with Crippen LogP contribution in [0.25, 0.3) is 0 Å². The van der Waals surface area contributed by atoms with Crippen molar-refractivity contribution in [1.29, 1.82) is 0 Å². The Kier molecular flexibility index (Phi) is 5.01. The molecule has 7 heteroatoms. The summed E-state index contributed by atoms with van der Waals surface area (Å²) in [6.45, 7) is 1.02. The summed E-state index contributed by atoms with van der Waals surface area (Å²) in [7, 11) is 0. The highest BCUT2D eigenvalue weighted by atomic mass is 79.9. The van der Waals surface area contributed by atoms with Gasteiger partial charge in [-0.15, -0.1) is 0 Å². The number of hydrogen-bond acceptors (Lipinski definition) is 3. The second-order valence-corrected chi connectivity index (χ2v) is 5.79. The van der Waals surface area contributed by atoms with Gasteiger partial charge in [0.25, 0.3) is 5.91 Å². The Balaban J connectivity index is 2.10. The van der Waals surface area contributed by atoms with Gasteiger partial charge in [0.15, 0.2) is 0 Å². The van der Waals surface area contributed by atoms with E-state index in [1.165, 1.54) is 0 Å². The lowest BCUT2D eigenvalue weighted by Crippen LogP contribution is -2.46. The van der Waals surface area contributed by atoms with Crippen LogP contribution in [-0.4, -0.2) is 47.7 Å². The van der Waals surface area contributed by atoms with Crippen molar-refractivity contribution in [3.8, 4) is 0 Å². The number of morpholine rings is 1. The maximum Gasteiger partial charge on any atom is 0.306 e. The highest BCUT2D eigenvalue weighted by molar-refractivity contribution is 9.10. The molecule has 1 heterocycles. The van der Waals surface area contributed by atoms with Crippen LogP contribution in [0.3, 0.4) is 0 Å².